The molecule has 0 unspecified atom stereocenters. The Morgan fingerprint density at radius 1 is 1.27 bits per heavy atom. The van der Waals surface area contributed by atoms with Gasteiger partial charge in [0.15, 0.2) is 0 Å². The Kier molecular flexibility index (Phi) is 4.23. The highest BCUT2D eigenvalue weighted by Crippen LogP contribution is 2.22. The van der Waals surface area contributed by atoms with Crippen molar-refractivity contribution in [3.05, 3.63) is 78.1 Å². The van der Waals surface area contributed by atoms with Gasteiger partial charge in [0.1, 0.15) is 12.1 Å². The summed E-state index contributed by atoms with van der Waals surface area (Å²) >= 11 is 0. The molecule has 0 aliphatic heterocycles. The summed E-state index contributed by atoms with van der Waals surface area (Å²) < 4.78 is 1.83. The number of imidazole rings is 1. The highest BCUT2D eigenvalue weighted by Gasteiger charge is 2.10. The van der Waals surface area contributed by atoms with Gasteiger partial charge in [0.05, 0.1) is 6.42 Å². The molecule has 0 saturated carbocycles. The summed E-state index contributed by atoms with van der Waals surface area (Å²) in [5.41, 5.74) is 4.24. The third-order valence-electron chi connectivity index (χ3n) is 4.42. The number of nitrogens with one attached hydrogen (secondary N) is 2. The molecule has 6 heteroatoms. The number of hydrogen-bond acceptors (Lipinski definition) is 3. The first-order valence-electron chi connectivity index (χ1n) is 8.46. The lowest BCUT2D eigenvalue weighted by Gasteiger charge is -2.07. The van der Waals surface area contributed by atoms with Gasteiger partial charge in [-0.3, -0.25) is 9.36 Å². The summed E-state index contributed by atoms with van der Waals surface area (Å²) in [4.78, 5) is 24.0. The molecule has 6 nitrogen and oxygen atoms in total. The molecule has 0 aliphatic carbocycles. The quantitative estimate of drug-likeness (QED) is 0.584. The molecule has 0 atom stereocenters. The first-order valence-corrected chi connectivity index (χ1v) is 8.46. The zero-order chi connectivity index (χ0) is 17.9. The van der Waals surface area contributed by atoms with Crippen LogP contribution in [0.5, 0.6) is 0 Å². The van der Waals surface area contributed by atoms with Crippen molar-refractivity contribution >= 4 is 16.8 Å². The fourth-order valence-corrected chi connectivity index (χ4v) is 3.13. The Bertz CT molecular complexity index is 1050. The predicted molar refractivity (Wildman–Crippen MR) is 99.9 cm³/mol. The average Bonchev–Trinajstić information content (AvgIpc) is 3.31. The van der Waals surface area contributed by atoms with E-state index in [1.54, 1.807) is 18.7 Å². The van der Waals surface area contributed by atoms with E-state index in [9.17, 15) is 4.79 Å². The molecule has 4 rings (SSSR count). The molecule has 0 bridgehead atoms. The number of aromatic amines is 1. The third-order valence-corrected chi connectivity index (χ3v) is 4.42. The van der Waals surface area contributed by atoms with Gasteiger partial charge >= 0.3 is 0 Å². The average molecular weight is 345 g/mol. The number of carbonyl (C=O) groups is 1. The number of fused-ring (bicyclic) bond motifs is 1. The Morgan fingerprint density at radius 2 is 2.19 bits per heavy atom. The number of rotatable bonds is 5. The number of amides is 1. The van der Waals surface area contributed by atoms with Crippen molar-refractivity contribution in [2.24, 2.45) is 0 Å². The topological polar surface area (TPSA) is 75.6 Å². The van der Waals surface area contributed by atoms with Crippen molar-refractivity contribution in [2.75, 3.05) is 0 Å². The summed E-state index contributed by atoms with van der Waals surface area (Å²) in [6.07, 6.45) is 9.25. The second kappa shape index (κ2) is 6.84. The molecule has 1 amide bonds. The lowest BCUT2D eigenvalue weighted by Crippen LogP contribution is -2.24. The van der Waals surface area contributed by atoms with Gasteiger partial charge in [0, 0.05) is 42.2 Å². The minimum atomic E-state index is -0.00449. The Hall–Kier alpha value is -3.41. The molecule has 0 aliphatic rings. The van der Waals surface area contributed by atoms with Gasteiger partial charge in [0.25, 0.3) is 0 Å². The molecule has 0 saturated heterocycles. The van der Waals surface area contributed by atoms with Crippen molar-refractivity contribution in [3.8, 4) is 5.82 Å². The minimum Gasteiger partial charge on any atom is -0.361 e. The summed E-state index contributed by atoms with van der Waals surface area (Å²) in [7, 11) is 0. The number of carbonyl (C=O) groups excluding carboxylic acids is 1. The van der Waals surface area contributed by atoms with Gasteiger partial charge < -0.3 is 10.3 Å². The number of aryl methyl sites for hydroxylation is 1. The molecule has 0 radical (unpaired) electrons. The van der Waals surface area contributed by atoms with Crippen LogP contribution in [0.2, 0.25) is 0 Å². The Morgan fingerprint density at radius 3 is 3.04 bits per heavy atom. The molecule has 0 spiro atoms. The van der Waals surface area contributed by atoms with E-state index in [1.165, 1.54) is 5.56 Å². The summed E-state index contributed by atoms with van der Waals surface area (Å²) in [5, 5.41) is 4.12. The van der Waals surface area contributed by atoms with Gasteiger partial charge in [-0.1, -0.05) is 12.1 Å². The largest absolute Gasteiger partial charge is 0.361 e. The van der Waals surface area contributed by atoms with Gasteiger partial charge in [-0.2, -0.15) is 0 Å². The first kappa shape index (κ1) is 16.1. The zero-order valence-electron chi connectivity index (χ0n) is 14.4. The van der Waals surface area contributed by atoms with E-state index in [0.29, 0.717) is 13.0 Å². The fourth-order valence-electron chi connectivity index (χ4n) is 3.13. The molecule has 26 heavy (non-hydrogen) atoms. The van der Waals surface area contributed by atoms with Crippen LogP contribution in [0.25, 0.3) is 16.7 Å². The Balaban J connectivity index is 1.43. The van der Waals surface area contributed by atoms with Crippen LogP contribution in [-0.4, -0.2) is 25.4 Å². The maximum absolute atomic E-state index is 12.4. The molecule has 130 valence electrons. The molecule has 3 heterocycles. The Labute approximate surface area is 150 Å². The van der Waals surface area contributed by atoms with Crippen LogP contribution in [-0.2, 0) is 17.8 Å². The SMILES string of the molecule is Cc1cccc2[nH]cc(CC(=O)NCc3ccnc(-n4ccnc4)c3)c12. The number of benzene rings is 1. The summed E-state index contributed by atoms with van der Waals surface area (Å²) in [6.45, 7) is 2.52. The second-order valence-corrected chi connectivity index (χ2v) is 6.26. The van der Waals surface area contributed by atoms with Crippen LogP contribution in [0, 0.1) is 6.92 Å². The lowest BCUT2D eigenvalue weighted by atomic mass is 10.1. The molecular formula is C20H19N5O. The van der Waals surface area contributed by atoms with Crippen molar-refractivity contribution < 1.29 is 4.79 Å². The van der Waals surface area contributed by atoms with Crippen LogP contribution < -0.4 is 5.32 Å². The number of aromatic nitrogens is 4. The summed E-state index contributed by atoms with van der Waals surface area (Å²) in [6, 6.07) is 9.94. The van der Waals surface area contributed by atoms with E-state index in [4.69, 9.17) is 0 Å². The van der Waals surface area contributed by atoms with E-state index in [0.717, 1.165) is 27.8 Å². The maximum atomic E-state index is 12.4. The van der Waals surface area contributed by atoms with E-state index < -0.39 is 0 Å². The molecular weight excluding hydrogens is 326 g/mol. The van der Waals surface area contributed by atoms with Crippen LogP contribution in [0.3, 0.4) is 0 Å². The second-order valence-electron chi connectivity index (χ2n) is 6.26. The van der Waals surface area contributed by atoms with E-state index in [-0.39, 0.29) is 5.91 Å². The van der Waals surface area contributed by atoms with Crippen LogP contribution in [0.1, 0.15) is 16.7 Å². The van der Waals surface area contributed by atoms with Gasteiger partial charge in [-0.15, -0.1) is 0 Å². The van der Waals surface area contributed by atoms with Crippen molar-refractivity contribution in [2.45, 2.75) is 19.9 Å². The van der Waals surface area contributed by atoms with Crippen molar-refractivity contribution in [3.63, 3.8) is 0 Å². The number of pyridine rings is 1. The maximum Gasteiger partial charge on any atom is 0.224 e. The smallest absolute Gasteiger partial charge is 0.224 e. The highest BCUT2D eigenvalue weighted by atomic mass is 16.1. The van der Waals surface area contributed by atoms with E-state index in [1.807, 2.05) is 41.2 Å². The standard InChI is InChI=1S/C20H19N5O/c1-14-3-2-4-17-20(14)16(12-23-17)10-19(26)24-11-15-5-6-22-18(9-15)25-8-7-21-13-25/h2-9,12-13,23H,10-11H2,1H3,(H,24,26). The monoisotopic (exact) mass is 345 g/mol. The number of H-pyrrole nitrogens is 1. The minimum absolute atomic E-state index is 0.00449. The lowest BCUT2D eigenvalue weighted by molar-refractivity contribution is -0.120. The van der Waals surface area contributed by atoms with Gasteiger partial charge in [-0.05, 0) is 41.8 Å². The number of nitrogens with zero attached hydrogens (tertiary/aromatic N) is 3. The number of hydrogen-bond donors (Lipinski definition) is 2. The molecule has 2 N–H and O–H groups in total. The van der Waals surface area contributed by atoms with Crippen LogP contribution in [0.4, 0.5) is 0 Å². The van der Waals surface area contributed by atoms with E-state index in [2.05, 4.69) is 33.3 Å². The predicted octanol–water partition coefficient (Wildman–Crippen LogP) is 2.92. The van der Waals surface area contributed by atoms with Gasteiger partial charge in [-0.25, -0.2) is 9.97 Å². The fraction of sp³-hybridized carbons (Fsp3) is 0.150. The molecule has 4 aromatic rings. The summed E-state index contributed by atoms with van der Waals surface area (Å²) in [5.74, 6) is 0.775. The highest BCUT2D eigenvalue weighted by molar-refractivity contribution is 5.91. The van der Waals surface area contributed by atoms with Crippen molar-refractivity contribution in [1.82, 2.24) is 24.8 Å². The van der Waals surface area contributed by atoms with Gasteiger partial charge in [0.2, 0.25) is 5.91 Å². The molecule has 0 fully saturated rings. The first-order chi connectivity index (χ1) is 12.7. The third kappa shape index (κ3) is 3.21. The van der Waals surface area contributed by atoms with Crippen LogP contribution in [0.15, 0.2) is 61.4 Å². The van der Waals surface area contributed by atoms with Crippen molar-refractivity contribution in [1.29, 1.82) is 0 Å². The van der Waals surface area contributed by atoms with Crippen LogP contribution >= 0.6 is 0 Å². The normalized spacial score (nSPS) is 11.0. The molecule has 1 aromatic carbocycles. The van der Waals surface area contributed by atoms with E-state index >= 15 is 0 Å². The molecule has 3 aromatic heterocycles. The zero-order valence-corrected chi connectivity index (χ0v) is 14.4.